The number of halogens is 3. The second-order valence-corrected chi connectivity index (χ2v) is 7.58. The zero-order chi connectivity index (χ0) is 20.0. The molecule has 2 atom stereocenters. The highest BCUT2D eigenvalue weighted by Gasteiger charge is 2.34. The van der Waals surface area contributed by atoms with E-state index in [4.69, 9.17) is 4.74 Å². The van der Waals surface area contributed by atoms with Gasteiger partial charge in [-0.3, -0.25) is 0 Å². The fourth-order valence-electron chi connectivity index (χ4n) is 4.08. The maximum atomic E-state index is 14.7. The first kappa shape index (κ1) is 18.9. The Labute approximate surface area is 162 Å². The monoisotopic (exact) mass is 392 g/mol. The molecule has 2 aromatic carbocycles. The van der Waals surface area contributed by atoms with Crippen LogP contribution in [0.25, 0.3) is 0 Å². The molecular formula is C21H23F3N2O2. The van der Waals surface area contributed by atoms with Crippen molar-refractivity contribution in [1.29, 1.82) is 0 Å². The second-order valence-electron chi connectivity index (χ2n) is 7.58. The Morgan fingerprint density at radius 3 is 2.57 bits per heavy atom. The lowest BCUT2D eigenvalue weighted by Gasteiger charge is -2.31. The maximum absolute atomic E-state index is 14.7. The van der Waals surface area contributed by atoms with E-state index in [1.165, 1.54) is 25.1 Å². The van der Waals surface area contributed by atoms with E-state index in [9.17, 15) is 18.3 Å². The Kier molecular flexibility index (Phi) is 4.87. The first-order chi connectivity index (χ1) is 13.3. The molecule has 0 aromatic heterocycles. The van der Waals surface area contributed by atoms with E-state index in [0.29, 0.717) is 36.6 Å². The van der Waals surface area contributed by atoms with Crippen molar-refractivity contribution in [3.05, 3.63) is 52.8 Å². The van der Waals surface area contributed by atoms with Crippen molar-refractivity contribution in [2.45, 2.75) is 31.9 Å². The van der Waals surface area contributed by atoms with Crippen LogP contribution in [0.5, 0.6) is 5.75 Å². The van der Waals surface area contributed by atoms with Gasteiger partial charge in [0, 0.05) is 36.4 Å². The quantitative estimate of drug-likeness (QED) is 0.868. The van der Waals surface area contributed by atoms with Crippen LogP contribution < -0.4 is 14.5 Å². The fourth-order valence-corrected chi connectivity index (χ4v) is 4.08. The van der Waals surface area contributed by atoms with Crippen LogP contribution in [0.1, 0.15) is 17.5 Å². The molecular weight excluding hydrogens is 369 g/mol. The number of aliphatic hydroxyl groups is 1. The number of nitrogens with zero attached hydrogens (tertiary/aromatic N) is 2. The molecule has 0 saturated carbocycles. The van der Waals surface area contributed by atoms with E-state index < -0.39 is 17.7 Å². The highest BCUT2D eigenvalue weighted by atomic mass is 19.1. The first-order valence-corrected chi connectivity index (χ1v) is 9.40. The van der Waals surface area contributed by atoms with Crippen LogP contribution in [0.2, 0.25) is 0 Å². The number of hydrogen-bond acceptors (Lipinski definition) is 4. The molecule has 0 radical (unpaired) electrons. The predicted molar refractivity (Wildman–Crippen MR) is 102 cm³/mol. The lowest BCUT2D eigenvalue weighted by Crippen LogP contribution is -2.33. The molecule has 2 heterocycles. The summed E-state index contributed by atoms with van der Waals surface area (Å²) in [4.78, 5) is 3.76. The molecule has 0 bridgehead atoms. The molecule has 2 aliphatic rings. The average molecular weight is 392 g/mol. The van der Waals surface area contributed by atoms with Crippen LogP contribution in [0.4, 0.5) is 24.5 Å². The number of likely N-dealkylation sites (N-methyl/N-ethyl adjacent to an activating group) is 1. The standard InChI is InChI=1S/C21H23F3N2O2/c1-12-18(23)9-14(10-19(12)24)26-11-15(27)7-13(26)8-16-17(22)3-4-20-21(16)28-6-5-25(20)2/h3-4,9-10,13,15,27H,5-8,11H2,1-2H3/t13?,15-/m0/s1. The number of aliphatic hydroxyl groups excluding tert-OH is 1. The van der Waals surface area contributed by atoms with Gasteiger partial charge in [0.25, 0.3) is 0 Å². The van der Waals surface area contributed by atoms with Crippen LogP contribution >= 0.6 is 0 Å². The van der Waals surface area contributed by atoms with E-state index in [-0.39, 0.29) is 30.4 Å². The summed E-state index contributed by atoms with van der Waals surface area (Å²) in [6.45, 7) is 2.80. The topological polar surface area (TPSA) is 35.9 Å². The summed E-state index contributed by atoms with van der Waals surface area (Å²) >= 11 is 0. The molecule has 1 N–H and O–H groups in total. The fraction of sp³-hybridized carbons (Fsp3) is 0.429. The van der Waals surface area contributed by atoms with Crippen molar-refractivity contribution in [2.24, 2.45) is 0 Å². The summed E-state index contributed by atoms with van der Waals surface area (Å²) in [6, 6.07) is 5.35. The smallest absolute Gasteiger partial charge is 0.148 e. The molecule has 2 aliphatic heterocycles. The molecule has 150 valence electrons. The Morgan fingerprint density at radius 2 is 1.86 bits per heavy atom. The molecule has 0 aliphatic carbocycles. The minimum atomic E-state index is -0.649. The summed E-state index contributed by atoms with van der Waals surface area (Å²) in [5, 5.41) is 10.2. The predicted octanol–water partition coefficient (Wildman–Crippen LogP) is 3.42. The number of hydrogen-bond donors (Lipinski definition) is 1. The van der Waals surface area contributed by atoms with E-state index in [0.717, 1.165) is 5.69 Å². The first-order valence-electron chi connectivity index (χ1n) is 9.40. The van der Waals surface area contributed by atoms with Gasteiger partial charge in [-0.25, -0.2) is 13.2 Å². The van der Waals surface area contributed by atoms with Crippen molar-refractivity contribution in [3.63, 3.8) is 0 Å². The molecule has 28 heavy (non-hydrogen) atoms. The molecule has 7 heteroatoms. The summed E-state index contributed by atoms with van der Waals surface area (Å²) < 4.78 is 48.5. The van der Waals surface area contributed by atoms with Gasteiger partial charge in [-0.05, 0) is 44.0 Å². The summed E-state index contributed by atoms with van der Waals surface area (Å²) in [7, 11) is 1.92. The lowest BCUT2D eigenvalue weighted by molar-refractivity contribution is 0.194. The summed E-state index contributed by atoms with van der Waals surface area (Å²) in [6.07, 6.45) is 0.0104. The van der Waals surface area contributed by atoms with E-state index in [1.807, 2.05) is 11.9 Å². The number of rotatable bonds is 3. The van der Waals surface area contributed by atoms with Gasteiger partial charge < -0.3 is 19.6 Å². The SMILES string of the molecule is Cc1c(F)cc(N2C[C@@H](O)CC2Cc2c(F)ccc3c2OCCN3C)cc1F. The van der Waals surface area contributed by atoms with Crippen molar-refractivity contribution in [1.82, 2.24) is 0 Å². The number of ether oxygens (including phenoxy) is 1. The number of fused-ring (bicyclic) bond motifs is 1. The molecule has 1 unspecified atom stereocenters. The molecule has 0 amide bonds. The third-order valence-corrected chi connectivity index (χ3v) is 5.70. The van der Waals surface area contributed by atoms with Crippen molar-refractivity contribution >= 4 is 11.4 Å². The average Bonchev–Trinajstić information content (AvgIpc) is 3.02. The number of benzene rings is 2. The minimum Gasteiger partial charge on any atom is -0.489 e. The van der Waals surface area contributed by atoms with Crippen LogP contribution in [-0.4, -0.2) is 44.0 Å². The molecule has 1 saturated heterocycles. The van der Waals surface area contributed by atoms with Crippen molar-refractivity contribution in [2.75, 3.05) is 36.5 Å². The van der Waals surface area contributed by atoms with Crippen LogP contribution in [0, 0.1) is 24.4 Å². The van der Waals surface area contributed by atoms with Gasteiger partial charge in [0.15, 0.2) is 0 Å². The third kappa shape index (κ3) is 3.28. The molecule has 4 rings (SSSR count). The second kappa shape index (κ2) is 7.20. The summed E-state index contributed by atoms with van der Waals surface area (Å²) in [5.74, 6) is -1.14. The Hall–Kier alpha value is -2.41. The molecule has 1 fully saturated rings. The van der Waals surface area contributed by atoms with Gasteiger partial charge in [-0.1, -0.05) is 0 Å². The summed E-state index contributed by atoms with van der Waals surface area (Å²) in [5.41, 5.74) is 1.56. The van der Waals surface area contributed by atoms with Crippen LogP contribution in [-0.2, 0) is 6.42 Å². The van der Waals surface area contributed by atoms with Crippen molar-refractivity contribution < 1.29 is 23.0 Å². The van der Waals surface area contributed by atoms with Gasteiger partial charge in [-0.2, -0.15) is 0 Å². The van der Waals surface area contributed by atoms with E-state index in [2.05, 4.69) is 0 Å². The molecule has 4 nitrogen and oxygen atoms in total. The van der Waals surface area contributed by atoms with Gasteiger partial charge >= 0.3 is 0 Å². The molecule has 0 spiro atoms. The Bertz CT molecular complexity index is 882. The van der Waals surface area contributed by atoms with E-state index in [1.54, 1.807) is 11.0 Å². The molecule has 2 aromatic rings. The zero-order valence-electron chi connectivity index (χ0n) is 15.9. The number of β-amino-alcohol motifs (C(OH)–C–C–N with tert-alkyl or cyclic N) is 1. The Balaban J connectivity index is 1.69. The Morgan fingerprint density at radius 1 is 1.14 bits per heavy atom. The van der Waals surface area contributed by atoms with Gasteiger partial charge in [0.2, 0.25) is 0 Å². The highest BCUT2D eigenvalue weighted by Crippen LogP contribution is 2.39. The van der Waals surface area contributed by atoms with Gasteiger partial charge in [0.05, 0.1) is 18.3 Å². The zero-order valence-corrected chi connectivity index (χ0v) is 15.9. The normalized spacial score (nSPS) is 21.6. The van der Waals surface area contributed by atoms with E-state index >= 15 is 0 Å². The number of anilines is 2. The van der Waals surface area contributed by atoms with Crippen LogP contribution in [0.3, 0.4) is 0 Å². The highest BCUT2D eigenvalue weighted by molar-refractivity contribution is 5.64. The van der Waals surface area contributed by atoms with Gasteiger partial charge in [0.1, 0.15) is 29.8 Å². The largest absolute Gasteiger partial charge is 0.489 e. The third-order valence-electron chi connectivity index (χ3n) is 5.70. The van der Waals surface area contributed by atoms with Crippen LogP contribution in [0.15, 0.2) is 24.3 Å². The maximum Gasteiger partial charge on any atom is 0.148 e. The minimum absolute atomic E-state index is 0.0420. The lowest BCUT2D eigenvalue weighted by atomic mass is 9.99. The van der Waals surface area contributed by atoms with Gasteiger partial charge in [-0.15, -0.1) is 0 Å². The van der Waals surface area contributed by atoms with Crippen molar-refractivity contribution in [3.8, 4) is 5.75 Å².